The monoisotopic (exact) mass is 276 g/mol. The minimum atomic E-state index is -0.685. The van der Waals surface area contributed by atoms with Crippen LogP contribution in [0.15, 0.2) is 6.33 Å². The highest BCUT2D eigenvalue weighted by molar-refractivity contribution is 6.38. The molecule has 0 saturated heterocycles. The van der Waals surface area contributed by atoms with Gasteiger partial charge in [-0.15, -0.1) is 0 Å². The summed E-state index contributed by atoms with van der Waals surface area (Å²) in [4.78, 5) is 19.3. The Hall–Kier alpha value is -0.910. The van der Waals surface area contributed by atoms with Crippen molar-refractivity contribution in [2.75, 3.05) is 5.32 Å². The van der Waals surface area contributed by atoms with E-state index in [2.05, 4.69) is 15.3 Å². The van der Waals surface area contributed by atoms with Gasteiger partial charge in [0.25, 0.3) is 0 Å². The standard InChI is InChI=1S/C10H14Cl2N4O/c1-10(2,3)6(13)9(17)16-5-7(11)14-4-15-8(5)12/h4,6H,13H2,1-3H3,(H,16,17)/t6-/m0/s1. The van der Waals surface area contributed by atoms with Gasteiger partial charge in [0.05, 0.1) is 6.04 Å². The Kier molecular flexibility index (Phi) is 4.30. The smallest absolute Gasteiger partial charge is 0.241 e. The highest BCUT2D eigenvalue weighted by Gasteiger charge is 2.28. The van der Waals surface area contributed by atoms with E-state index in [4.69, 9.17) is 28.9 Å². The lowest BCUT2D eigenvalue weighted by Gasteiger charge is -2.25. The average molecular weight is 277 g/mol. The van der Waals surface area contributed by atoms with Gasteiger partial charge in [-0.2, -0.15) is 0 Å². The van der Waals surface area contributed by atoms with Crippen molar-refractivity contribution >= 4 is 34.8 Å². The van der Waals surface area contributed by atoms with E-state index < -0.39 is 6.04 Å². The molecule has 0 aliphatic heterocycles. The summed E-state index contributed by atoms with van der Waals surface area (Å²) in [6, 6.07) is -0.685. The van der Waals surface area contributed by atoms with Crippen molar-refractivity contribution in [1.82, 2.24) is 9.97 Å². The number of anilines is 1. The van der Waals surface area contributed by atoms with E-state index >= 15 is 0 Å². The van der Waals surface area contributed by atoms with E-state index in [0.717, 1.165) is 0 Å². The zero-order valence-corrected chi connectivity index (χ0v) is 11.3. The number of hydrogen-bond acceptors (Lipinski definition) is 4. The Morgan fingerprint density at radius 2 is 1.82 bits per heavy atom. The second-order valence-corrected chi connectivity index (χ2v) is 5.38. The molecule has 94 valence electrons. The first-order valence-corrected chi connectivity index (χ1v) is 5.71. The number of halogens is 2. The minimum absolute atomic E-state index is 0.0828. The van der Waals surface area contributed by atoms with Crippen LogP contribution in [0.4, 0.5) is 5.69 Å². The molecule has 0 unspecified atom stereocenters. The first-order valence-electron chi connectivity index (χ1n) is 4.96. The highest BCUT2D eigenvalue weighted by atomic mass is 35.5. The van der Waals surface area contributed by atoms with Gasteiger partial charge < -0.3 is 11.1 Å². The van der Waals surface area contributed by atoms with Crippen LogP contribution in [0, 0.1) is 5.41 Å². The van der Waals surface area contributed by atoms with Crippen molar-refractivity contribution in [3.63, 3.8) is 0 Å². The number of carbonyl (C=O) groups excluding carboxylic acids is 1. The molecule has 17 heavy (non-hydrogen) atoms. The van der Waals surface area contributed by atoms with E-state index in [1.54, 1.807) is 0 Å². The molecule has 0 fully saturated rings. The van der Waals surface area contributed by atoms with Crippen LogP contribution in [0.3, 0.4) is 0 Å². The molecule has 0 radical (unpaired) electrons. The number of amides is 1. The molecular weight excluding hydrogens is 263 g/mol. The fourth-order valence-electron chi connectivity index (χ4n) is 1.04. The molecular formula is C10H14Cl2N4O. The lowest BCUT2D eigenvalue weighted by Crippen LogP contribution is -2.45. The van der Waals surface area contributed by atoms with Crippen LogP contribution >= 0.6 is 23.2 Å². The molecule has 0 aromatic carbocycles. The molecule has 0 saturated carbocycles. The molecule has 3 N–H and O–H groups in total. The zero-order valence-electron chi connectivity index (χ0n) is 9.79. The number of nitrogens with two attached hydrogens (primary N) is 1. The van der Waals surface area contributed by atoms with Crippen molar-refractivity contribution < 1.29 is 4.79 Å². The van der Waals surface area contributed by atoms with Gasteiger partial charge in [0.15, 0.2) is 10.3 Å². The van der Waals surface area contributed by atoms with Crippen LogP contribution in [0.2, 0.25) is 10.3 Å². The van der Waals surface area contributed by atoms with E-state index in [1.165, 1.54) is 6.33 Å². The Labute approximate surface area is 110 Å². The SMILES string of the molecule is CC(C)(C)[C@@H](N)C(=O)Nc1c(Cl)ncnc1Cl. The number of nitrogens with one attached hydrogen (secondary N) is 1. The van der Waals surface area contributed by atoms with Crippen molar-refractivity contribution in [2.45, 2.75) is 26.8 Å². The van der Waals surface area contributed by atoms with Gasteiger partial charge >= 0.3 is 0 Å². The predicted molar refractivity (Wildman–Crippen MR) is 68.1 cm³/mol. The quantitative estimate of drug-likeness (QED) is 0.811. The molecule has 5 nitrogen and oxygen atoms in total. The summed E-state index contributed by atoms with van der Waals surface area (Å²) >= 11 is 11.6. The Bertz CT molecular complexity index is 411. The number of hydrogen-bond donors (Lipinski definition) is 2. The van der Waals surface area contributed by atoms with Gasteiger partial charge in [0.1, 0.15) is 12.0 Å². The second kappa shape index (κ2) is 5.16. The third-order valence-corrected chi connectivity index (χ3v) is 2.79. The third kappa shape index (κ3) is 3.52. The summed E-state index contributed by atoms with van der Waals surface area (Å²) < 4.78 is 0. The summed E-state index contributed by atoms with van der Waals surface area (Å²) in [5, 5.41) is 2.70. The first-order chi connectivity index (χ1) is 7.73. The van der Waals surface area contributed by atoms with E-state index in [9.17, 15) is 4.79 Å². The number of aromatic nitrogens is 2. The summed E-state index contributed by atoms with van der Waals surface area (Å²) in [5.41, 5.74) is 5.62. The molecule has 1 heterocycles. The fraction of sp³-hybridized carbons (Fsp3) is 0.500. The molecule has 0 bridgehead atoms. The van der Waals surface area contributed by atoms with Gasteiger partial charge in [-0.1, -0.05) is 44.0 Å². The Balaban J connectivity index is 2.89. The van der Waals surface area contributed by atoms with Crippen LogP contribution < -0.4 is 11.1 Å². The first kappa shape index (κ1) is 14.2. The lowest BCUT2D eigenvalue weighted by molar-refractivity contribution is -0.119. The maximum Gasteiger partial charge on any atom is 0.241 e. The molecule has 0 spiro atoms. The van der Waals surface area contributed by atoms with Crippen LogP contribution in [0.25, 0.3) is 0 Å². The molecule has 1 amide bonds. The number of carbonyl (C=O) groups is 1. The minimum Gasteiger partial charge on any atom is -0.320 e. The van der Waals surface area contributed by atoms with Gasteiger partial charge in [-0.3, -0.25) is 4.79 Å². The lowest BCUT2D eigenvalue weighted by atomic mass is 9.87. The second-order valence-electron chi connectivity index (χ2n) is 4.66. The summed E-state index contributed by atoms with van der Waals surface area (Å²) in [6.07, 6.45) is 1.21. The van der Waals surface area contributed by atoms with Crippen LogP contribution in [0.5, 0.6) is 0 Å². The zero-order chi connectivity index (χ0) is 13.2. The average Bonchev–Trinajstić information content (AvgIpc) is 2.21. The van der Waals surface area contributed by atoms with Crippen molar-refractivity contribution in [3.8, 4) is 0 Å². The maximum absolute atomic E-state index is 11.9. The van der Waals surface area contributed by atoms with Gasteiger partial charge in [-0.05, 0) is 5.41 Å². The normalized spacial score (nSPS) is 13.3. The van der Waals surface area contributed by atoms with E-state index in [1.807, 2.05) is 20.8 Å². The molecule has 7 heteroatoms. The summed E-state index contributed by atoms with van der Waals surface area (Å²) in [5.74, 6) is -0.379. The van der Waals surface area contributed by atoms with Crippen LogP contribution in [-0.4, -0.2) is 21.9 Å². The third-order valence-electron chi connectivity index (χ3n) is 2.22. The topological polar surface area (TPSA) is 80.9 Å². The van der Waals surface area contributed by atoms with Crippen LogP contribution in [-0.2, 0) is 4.79 Å². The van der Waals surface area contributed by atoms with Gasteiger partial charge in [0, 0.05) is 0 Å². The molecule has 0 aliphatic carbocycles. The number of rotatable bonds is 2. The molecule has 1 aromatic heterocycles. The molecule has 0 aliphatic rings. The Morgan fingerprint density at radius 3 is 2.24 bits per heavy atom. The van der Waals surface area contributed by atoms with Crippen molar-refractivity contribution in [3.05, 3.63) is 16.6 Å². The maximum atomic E-state index is 11.9. The van der Waals surface area contributed by atoms with Crippen molar-refractivity contribution in [2.24, 2.45) is 11.1 Å². The molecule has 1 aromatic rings. The van der Waals surface area contributed by atoms with Gasteiger partial charge in [0.2, 0.25) is 5.91 Å². The van der Waals surface area contributed by atoms with Crippen molar-refractivity contribution in [1.29, 1.82) is 0 Å². The Morgan fingerprint density at radius 1 is 1.35 bits per heavy atom. The largest absolute Gasteiger partial charge is 0.320 e. The molecule has 1 rings (SSSR count). The van der Waals surface area contributed by atoms with E-state index in [0.29, 0.717) is 0 Å². The number of nitrogens with zero attached hydrogens (tertiary/aromatic N) is 2. The fourth-order valence-corrected chi connectivity index (χ4v) is 1.45. The molecule has 1 atom stereocenters. The van der Waals surface area contributed by atoms with Gasteiger partial charge in [-0.25, -0.2) is 9.97 Å². The summed E-state index contributed by atoms with van der Waals surface area (Å²) in [7, 11) is 0. The summed E-state index contributed by atoms with van der Waals surface area (Å²) in [6.45, 7) is 5.59. The van der Waals surface area contributed by atoms with Crippen LogP contribution in [0.1, 0.15) is 20.8 Å². The highest BCUT2D eigenvalue weighted by Crippen LogP contribution is 2.27. The van der Waals surface area contributed by atoms with E-state index in [-0.39, 0.29) is 27.3 Å². The predicted octanol–water partition coefficient (Wildman–Crippen LogP) is 2.10.